The minimum absolute atomic E-state index is 0.217. The summed E-state index contributed by atoms with van der Waals surface area (Å²) in [6, 6.07) is 9.87. The summed E-state index contributed by atoms with van der Waals surface area (Å²) < 4.78 is 17.5. The van der Waals surface area contributed by atoms with E-state index in [4.69, 9.17) is 4.98 Å². The van der Waals surface area contributed by atoms with Crippen LogP contribution in [0.25, 0.3) is 28.3 Å². The van der Waals surface area contributed by atoms with Crippen LogP contribution in [0.2, 0.25) is 0 Å². The van der Waals surface area contributed by atoms with E-state index in [0.717, 1.165) is 66.3 Å². The predicted molar refractivity (Wildman–Crippen MR) is 127 cm³/mol. The van der Waals surface area contributed by atoms with Crippen LogP contribution < -0.4 is 5.32 Å². The lowest BCUT2D eigenvalue weighted by molar-refractivity contribution is -0.209. The summed E-state index contributed by atoms with van der Waals surface area (Å²) in [6.45, 7) is 2.18. The fraction of sp³-hybridized carbons (Fsp3) is 0.320. The summed E-state index contributed by atoms with van der Waals surface area (Å²) in [6.07, 6.45) is 11.7. The van der Waals surface area contributed by atoms with Crippen molar-refractivity contribution in [2.24, 2.45) is 5.41 Å². The molecule has 8 rings (SSSR count). The van der Waals surface area contributed by atoms with E-state index in [-0.39, 0.29) is 5.41 Å². The molecule has 9 nitrogen and oxygen atoms in total. The maximum absolute atomic E-state index is 13.7. The van der Waals surface area contributed by atoms with Crippen molar-refractivity contribution in [1.29, 1.82) is 0 Å². The Labute approximate surface area is 200 Å². The molecule has 176 valence electrons. The lowest BCUT2D eigenvalue weighted by Gasteiger charge is -2.66. The fourth-order valence-corrected chi connectivity index (χ4v) is 5.60. The number of nitrogens with zero attached hydrogens (tertiary/aromatic N) is 7. The third-order valence-electron chi connectivity index (χ3n) is 7.16. The summed E-state index contributed by atoms with van der Waals surface area (Å²) in [5.74, 6) is 0. The molecule has 0 aliphatic heterocycles. The van der Waals surface area contributed by atoms with Crippen LogP contribution in [-0.4, -0.2) is 51.8 Å². The Kier molecular flexibility index (Phi) is 4.41. The molecule has 10 heteroatoms. The Hall–Kier alpha value is -3.92. The van der Waals surface area contributed by atoms with Crippen molar-refractivity contribution in [2.75, 3.05) is 6.54 Å². The maximum Gasteiger partial charge on any atom is 0.137 e. The van der Waals surface area contributed by atoms with Crippen molar-refractivity contribution < 1.29 is 4.39 Å². The molecule has 0 amide bonds. The predicted octanol–water partition coefficient (Wildman–Crippen LogP) is 3.41. The number of fused-ring (bicyclic) bond motifs is 1. The lowest BCUT2D eigenvalue weighted by Crippen LogP contribution is -2.67. The standard InChI is InChI=1S/C25H24FN9/c26-25-13-24(14-25,15-25)16-27-8-17-1-2-23-30-19(10-34(23)9-17)11-35-12-22(32-33-35)18-3-5-28-21(7-18)20-4-6-29-31-20/h1-7,9-10,12,27H,8,11,13-16H2,(H,29,31). The SMILES string of the molecule is FC12CC(CNCc3ccc4nc(Cn5cc(-c6ccnc(-c7ccn[nH]7)c6)nn5)cn4c3)(C1)C2. The van der Waals surface area contributed by atoms with Gasteiger partial charge in [0.05, 0.1) is 29.8 Å². The van der Waals surface area contributed by atoms with Crippen molar-refractivity contribution in [3.8, 4) is 22.6 Å². The van der Waals surface area contributed by atoms with Crippen LogP contribution in [0, 0.1) is 5.41 Å². The molecule has 2 N–H and O–H groups in total. The molecule has 3 aliphatic rings. The van der Waals surface area contributed by atoms with Gasteiger partial charge in [-0.3, -0.25) is 10.1 Å². The number of aromatic nitrogens is 8. The molecule has 0 saturated heterocycles. The first-order chi connectivity index (χ1) is 17.0. The van der Waals surface area contributed by atoms with Crippen LogP contribution in [-0.2, 0) is 13.1 Å². The van der Waals surface area contributed by atoms with E-state index in [0.29, 0.717) is 6.54 Å². The molecule has 3 fully saturated rings. The van der Waals surface area contributed by atoms with Crippen LogP contribution in [0.3, 0.4) is 0 Å². The van der Waals surface area contributed by atoms with Crippen LogP contribution >= 0.6 is 0 Å². The first kappa shape index (κ1) is 20.5. The van der Waals surface area contributed by atoms with E-state index in [2.05, 4.69) is 43.1 Å². The Morgan fingerprint density at radius 1 is 1.03 bits per heavy atom. The molecule has 3 saturated carbocycles. The highest BCUT2D eigenvalue weighted by atomic mass is 19.1. The molecule has 5 aromatic rings. The molecule has 2 bridgehead atoms. The second-order valence-corrected chi connectivity index (χ2v) is 10.0. The zero-order valence-electron chi connectivity index (χ0n) is 19.0. The number of hydrogen-bond acceptors (Lipinski definition) is 6. The molecular weight excluding hydrogens is 445 g/mol. The van der Waals surface area contributed by atoms with Gasteiger partial charge < -0.3 is 9.72 Å². The van der Waals surface area contributed by atoms with Crippen molar-refractivity contribution >= 4 is 5.65 Å². The number of alkyl halides is 1. The summed E-state index contributed by atoms with van der Waals surface area (Å²) in [7, 11) is 0. The summed E-state index contributed by atoms with van der Waals surface area (Å²) in [4.78, 5) is 9.12. The number of imidazole rings is 1. The topological polar surface area (TPSA) is 102 Å². The average Bonchev–Trinajstić information content (AvgIpc) is 3.58. The van der Waals surface area contributed by atoms with Crippen LogP contribution in [0.5, 0.6) is 0 Å². The second-order valence-electron chi connectivity index (χ2n) is 10.0. The largest absolute Gasteiger partial charge is 0.312 e. The second kappa shape index (κ2) is 7.54. The molecule has 0 aromatic carbocycles. The fourth-order valence-electron chi connectivity index (χ4n) is 5.60. The number of H-pyrrole nitrogens is 1. The Bertz CT molecular complexity index is 1500. The van der Waals surface area contributed by atoms with E-state index in [9.17, 15) is 4.39 Å². The summed E-state index contributed by atoms with van der Waals surface area (Å²) in [5.41, 5.74) is 5.71. The molecule has 35 heavy (non-hydrogen) atoms. The van der Waals surface area contributed by atoms with Gasteiger partial charge in [0.15, 0.2) is 0 Å². The van der Waals surface area contributed by atoms with E-state index in [1.54, 1.807) is 17.1 Å². The third kappa shape index (κ3) is 3.70. The van der Waals surface area contributed by atoms with E-state index in [1.165, 1.54) is 5.56 Å². The average molecular weight is 470 g/mol. The Morgan fingerprint density at radius 3 is 2.77 bits per heavy atom. The number of hydrogen-bond donors (Lipinski definition) is 2. The van der Waals surface area contributed by atoms with Crippen LogP contribution in [0.4, 0.5) is 4.39 Å². The van der Waals surface area contributed by atoms with Gasteiger partial charge in [-0.2, -0.15) is 5.10 Å². The van der Waals surface area contributed by atoms with E-state index < -0.39 is 5.67 Å². The van der Waals surface area contributed by atoms with Crippen molar-refractivity contribution in [2.45, 2.75) is 38.0 Å². The van der Waals surface area contributed by atoms with Gasteiger partial charge >= 0.3 is 0 Å². The highest BCUT2D eigenvalue weighted by molar-refractivity contribution is 5.65. The van der Waals surface area contributed by atoms with E-state index in [1.807, 2.05) is 41.1 Å². The molecule has 5 aromatic heterocycles. The van der Waals surface area contributed by atoms with Gasteiger partial charge in [0.25, 0.3) is 0 Å². The van der Waals surface area contributed by atoms with Gasteiger partial charge in [-0.05, 0) is 54.5 Å². The monoisotopic (exact) mass is 469 g/mol. The lowest BCUT2D eigenvalue weighted by atomic mass is 9.42. The Balaban J connectivity index is 1.02. The highest BCUT2D eigenvalue weighted by Crippen LogP contribution is 2.69. The van der Waals surface area contributed by atoms with Crippen LogP contribution in [0.15, 0.2) is 61.3 Å². The molecule has 0 radical (unpaired) electrons. The zero-order valence-corrected chi connectivity index (χ0v) is 19.0. The molecule has 0 unspecified atom stereocenters. The van der Waals surface area contributed by atoms with Crippen molar-refractivity contribution in [1.82, 2.24) is 44.9 Å². The first-order valence-corrected chi connectivity index (χ1v) is 11.8. The van der Waals surface area contributed by atoms with Gasteiger partial charge in [0.1, 0.15) is 17.0 Å². The van der Waals surface area contributed by atoms with Gasteiger partial charge in [-0.15, -0.1) is 5.10 Å². The Morgan fingerprint density at radius 2 is 1.94 bits per heavy atom. The van der Waals surface area contributed by atoms with Gasteiger partial charge in [-0.1, -0.05) is 11.3 Å². The summed E-state index contributed by atoms with van der Waals surface area (Å²) in [5, 5.41) is 19.1. The summed E-state index contributed by atoms with van der Waals surface area (Å²) >= 11 is 0. The van der Waals surface area contributed by atoms with Gasteiger partial charge in [-0.25, -0.2) is 14.1 Å². The molecule has 5 heterocycles. The molecule has 0 atom stereocenters. The first-order valence-electron chi connectivity index (χ1n) is 11.8. The van der Waals surface area contributed by atoms with Gasteiger partial charge in [0.2, 0.25) is 0 Å². The minimum atomic E-state index is -0.833. The molecular formula is C25H24FN9. The van der Waals surface area contributed by atoms with Crippen molar-refractivity contribution in [3.05, 3.63) is 72.6 Å². The highest BCUT2D eigenvalue weighted by Gasteiger charge is 2.68. The third-order valence-corrected chi connectivity index (χ3v) is 7.16. The number of rotatable bonds is 8. The molecule has 0 spiro atoms. The number of pyridine rings is 2. The minimum Gasteiger partial charge on any atom is -0.312 e. The smallest absolute Gasteiger partial charge is 0.137 e. The van der Waals surface area contributed by atoms with E-state index >= 15 is 0 Å². The van der Waals surface area contributed by atoms with Crippen molar-refractivity contribution in [3.63, 3.8) is 0 Å². The van der Waals surface area contributed by atoms with Crippen LogP contribution in [0.1, 0.15) is 30.5 Å². The number of halogens is 1. The number of aromatic amines is 1. The van der Waals surface area contributed by atoms with Gasteiger partial charge in [0, 0.05) is 43.4 Å². The zero-order chi connectivity index (χ0) is 23.5. The maximum atomic E-state index is 13.7. The number of nitrogens with one attached hydrogen (secondary N) is 2. The quantitative estimate of drug-likeness (QED) is 0.361. The molecule has 3 aliphatic carbocycles. The normalized spacial score (nSPS) is 22.8.